The van der Waals surface area contributed by atoms with Crippen molar-refractivity contribution in [3.63, 3.8) is 0 Å². The van der Waals surface area contributed by atoms with Crippen LogP contribution in [-0.4, -0.2) is 17.8 Å². The molecule has 1 rings (SSSR count). The van der Waals surface area contributed by atoms with Gasteiger partial charge in [-0.25, -0.2) is 4.79 Å². The zero-order valence-corrected chi connectivity index (χ0v) is 9.04. The van der Waals surface area contributed by atoms with Crippen LogP contribution in [0, 0.1) is 0 Å². The molecular formula is C11H13NO4. The number of hydrogen-bond donors (Lipinski definition) is 1. The maximum absolute atomic E-state index is 11.4. The summed E-state index contributed by atoms with van der Waals surface area (Å²) in [5.41, 5.74) is 0.238. The molecule has 0 aliphatic carbocycles. The van der Waals surface area contributed by atoms with E-state index in [1.807, 2.05) is 6.92 Å². The van der Waals surface area contributed by atoms with Crippen LogP contribution in [0.1, 0.15) is 26.2 Å². The molecule has 0 atom stereocenters. The lowest BCUT2D eigenvalue weighted by Crippen LogP contribution is -2.24. The molecule has 5 heteroatoms. The highest BCUT2D eigenvalue weighted by Crippen LogP contribution is 2.19. The van der Waals surface area contributed by atoms with Crippen molar-refractivity contribution < 1.29 is 19.1 Å². The van der Waals surface area contributed by atoms with Crippen LogP contribution < -0.4 is 5.32 Å². The predicted octanol–water partition coefficient (Wildman–Crippen LogP) is 0.816. The number of carbonyl (C=O) groups is 3. The summed E-state index contributed by atoms with van der Waals surface area (Å²) in [5, 5.41) is 2.09. The Bertz CT molecular complexity index is 381. The summed E-state index contributed by atoms with van der Waals surface area (Å²) in [4.78, 5) is 33.6. The van der Waals surface area contributed by atoms with Crippen LogP contribution in [0.2, 0.25) is 0 Å². The first-order valence-corrected chi connectivity index (χ1v) is 5.03. The van der Waals surface area contributed by atoms with Crippen molar-refractivity contribution in [3.8, 4) is 0 Å². The Kier molecular flexibility index (Phi) is 3.99. The quantitative estimate of drug-likeness (QED) is 0.425. The molecule has 0 saturated heterocycles. The summed E-state index contributed by atoms with van der Waals surface area (Å²) < 4.78 is 4.74. The molecule has 0 bridgehead atoms. The van der Waals surface area contributed by atoms with Crippen LogP contribution in [0.4, 0.5) is 0 Å². The Morgan fingerprint density at radius 1 is 1.44 bits per heavy atom. The van der Waals surface area contributed by atoms with Gasteiger partial charge in [-0.3, -0.25) is 14.9 Å². The van der Waals surface area contributed by atoms with E-state index in [2.05, 4.69) is 11.9 Å². The number of esters is 1. The second-order valence-corrected chi connectivity index (χ2v) is 3.32. The highest BCUT2D eigenvalue weighted by atomic mass is 16.5. The number of unbranched alkanes of at least 4 members (excludes halogenated alkanes) is 1. The monoisotopic (exact) mass is 223 g/mol. The fourth-order valence-corrected chi connectivity index (χ4v) is 1.31. The SMILES string of the molecule is C=CC(=O)OC1=C(CCCC)C(=O)NC1=O. The molecule has 1 aliphatic heterocycles. The van der Waals surface area contributed by atoms with E-state index < -0.39 is 17.8 Å². The minimum atomic E-state index is -0.742. The third-order valence-electron chi connectivity index (χ3n) is 2.13. The van der Waals surface area contributed by atoms with E-state index in [0.29, 0.717) is 6.42 Å². The van der Waals surface area contributed by atoms with Gasteiger partial charge in [0.15, 0.2) is 0 Å². The maximum Gasteiger partial charge on any atom is 0.335 e. The molecule has 0 aromatic rings. The molecule has 0 radical (unpaired) electrons. The van der Waals surface area contributed by atoms with Crippen LogP contribution in [0.5, 0.6) is 0 Å². The third-order valence-corrected chi connectivity index (χ3v) is 2.13. The highest BCUT2D eigenvalue weighted by Gasteiger charge is 2.32. The van der Waals surface area contributed by atoms with E-state index >= 15 is 0 Å². The van der Waals surface area contributed by atoms with Crippen LogP contribution in [0.25, 0.3) is 0 Å². The van der Waals surface area contributed by atoms with Gasteiger partial charge in [-0.05, 0) is 12.8 Å². The molecule has 1 heterocycles. The molecule has 0 unspecified atom stereocenters. The average Bonchev–Trinajstić information content (AvgIpc) is 2.51. The summed E-state index contributed by atoms with van der Waals surface area (Å²) in [7, 11) is 0. The highest BCUT2D eigenvalue weighted by molar-refractivity contribution is 6.19. The Balaban J connectivity index is 2.89. The number of ether oxygens (including phenoxy) is 1. The van der Waals surface area contributed by atoms with Gasteiger partial charge < -0.3 is 4.74 Å². The molecule has 86 valence electrons. The van der Waals surface area contributed by atoms with Crippen molar-refractivity contribution in [2.75, 3.05) is 0 Å². The molecular weight excluding hydrogens is 210 g/mol. The van der Waals surface area contributed by atoms with Crippen molar-refractivity contribution in [2.24, 2.45) is 0 Å². The van der Waals surface area contributed by atoms with Gasteiger partial charge in [0.05, 0.1) is 5.57 Å². The minimum Gasteiger partial charge on any atom is -0.417 e. The first-order valence-electron chi connectivity index (χ1n) is 5.03. The van der Waals surface area contributed by atoms with Crippen LogP contribution in [0.3, 0.4) is 0 Å². The first kappa shape index (κ1) is 12.2. The number of carbonyl (C=O) groups excluding carboxylic acids is 3. The lowest BCUT2D eigenvalue weighted by atomic mass is 10.1. The van der Waals surface area contributed by atoms with E-state index in [0.717, 1.165) is 18.9 Å². The third kappa shape index (κ3) is 2.56. The molecule has 1 N–H and O–H groups in total. The van der Waals surface area contributed by atoms with E-state index in [1.54, 1.807) is 0 Å². The van der Waals surface area contributed by atoms with Gasteiger partial charge in [0, 0.05) is 6.08 Å². The molecule has 0 saturated carbocycles. The molecule has 0 fully saturated rings. The van der Waals surface area contributed by atoms with E-state index in [-0.39, 0.29) is 11.3 Å². The van der Waals surface area contributed by atoms with E-state index in [1.165, 1.54) is 0 Å². The molecule has 1 aliphatic rings. The van der Waals surface area contributed by atoms with Crippen molar-refractivity contribution in [2.45, 2.75) is 26.2 Å². The average molecular weight is 223 g/mol. The predicted molar refractivity (Wildman–Crippen MR) is 56.0 cm³/mol. The molecule has 5 nitrogen and oxygen atoms in total. The molecule has 0 aromatic heterocycles. The van der Waals surface area contributed by atoms with Crippen LogP contribution in [-0.2, 0) is 19.1 Å². The smallest absolute Gasteiger partial charge is 0.335 e. The van der Waals surface area contributed by atoms with E-state index in [9.17, 15) is 14.4 Å². The number of amides is 2. The van der Waals surface area contributed by atoms with Gasteiger partial charge in [-0.2, -0.15) is 0 Å². The molecule has 2 amide bonds. The Morgan fingerprint density at radius 2 is 2.12 bits per heavy atom. The second-order valence-electron chi connectivity index (χ2n) is 3.32. The number of hydrogen-bond acceptors (Lipinski definition) is 4. The van der Waals surface area contributed by atoms with Crippen molar-refractivity contribution in [3.05, 3.63) is 24.0 Å². The van der Waals surface area contributed by atoms with Gasteiger partial charge in [0.1, 0.15) is 0 Å². The normalized spacial score (nSPS) is 15.1. The Morgan fingerprint density at radius 3 is 2.69 bits per heavy atom. The lowest BCUT2D eigenvalue weighted by Gasteiger charge is -2.02. The van der Waals surface area contributed by atoms with Crippen LogP contribution >= 0.6 is 0 Å². The van der Waals surface area contributed by atoms with Gasteiger partial charge in [0.25, 0.3) is 11.8 Å². The van der Waals surface area contributed by atoms with Gasteiger partial charge in [-0.1, -0.05) is 19.9 Å². The Hall–Kier alpha value is -1.91. The number of nitrogens with one attached hydrogen (secondary N) is 1. The second kappa shape index (κ2) is 5.25. The van der Waals surface area contributed by atoms with Gasteiger partial charge >= 0.3 is 5.97 Å². The summed E-state index contributed by atoms with van der Waals surface area (Å²) in [6.45, 7) is 5.18. The molecule has 0 aromatic carbocycles. The standard InChI is InChI=1S/C11H13NO4/c1-3-5-6-7-9(16-8(13)4-2)11(15)12-10(7)14/h4H,2-3,5-6H2,1H3,(H,12,14,15). The zero-order chi connectivity index (χ0) is 12.1. The summed E-state index contributed by atoms with van der Waals surface area (Å²) >= 11 is 0. The van der Waals surface area contributed by atoms with E-state index in [4.69, 9.17) is 4.74 Å². The first-order chi connectivity index (χ1) is 7.60. The van der Waals surface area contributed by atoms with Gasteiger partial charge in [0.2, 0.25) is 5.76 Å². The summed E-state index contributed by atoms with van der Waals surface area (Å²) in [6, 6.07) is 0. The summed E-state index contributed by atoms with van der Waals surface area (Å²) in [6.07, 6.45) is 3.01. The number of rotatable bonds is 5. The fourth-order valence-electron chi connectivity index (χ4n) is 1.31. The Labute approximate surface area is 93.2 Å². The number of imide groups is 1. The molecule has 0 spiro atoms. The fraction of sp³-hybridized carbons (Fsp3) is 0.364. The topological polar surface area (TPSA) is 72.5 Å². The minimum absolute atomic E-state index is 0.191. The summed E-state index contributed by atoms with van der Waals surface area (Å²) in [5.74, 6) is -2.08. The van der Waals surface area contributed by atoms with Crippen molar-refractivity contribution in [1.29, 1.82) is 0 Å². The largest absolute Gasteiger partial charge is 0.417 e. The lowest BCUT2D eigenvalue weighted by molar-refractivity contribution is -0.138. The van der Waals surface area contributed by atoms with Crippen molar-refractivity contribution >= 4 is 17.8 Å². The maximum atomic E-state index is 11.4. The van der Waals surface area contributed by atoms with Gasteiger partial charge in [-0.15, -0.1) is 0 Å². The molecule has 16 heavy (non-hydrogen) atoms. The van der Waals surface area contributed by atoms with Crippen molar-refractivity contribution in [1.82, 2.24) is 5.32 Å². The van der Waals surface area contributed by atoms with Crippen LogP contribution in [0.15, 0.2) is 24.0 Å². The zero-order valence-electron chi connectivity index (χ0n) is 9.04.